The van der Waals surface area contributed by atoms with Crippen molar-refractivity contribution in [3.05, 3.63) is 18.2 Å². The lowest BCUT2D eigenvalue weighted by atomic mass is 10.1. The van der Waals surface area contributed by atoms with E-state index in [4.69, 9.17) is 9.47 Å². The van der Waals surface area contributed by atoms with E-state index in [1.807, 2.05) is 25.7 Å². The average Bonchev–Trinajstić information content (AvgIpc) is 3.01. The molecule has 3 N–H and O–H groups in total. The van der Waals surface area contributed by atoms with E-state index in [1.165, 1.54) is 0 Å². The number of fused-ring (bicyclic) bond motifs is 1. The van der Waals surface area contributed by atoms with E-state index >= 15 is 0 Å². The van der Waals surface area contributed by atoms with Crippen molar-refractivity contribution in [1.29, 1.82) is 0 Å². The number of carbonyl (C=O) groups is 3. The van der Waals surface area contributed by atoms with Crippen LogP contribution in [0.5, 0.6) is 11.5 Å². The van der Waals surface area contributed by atoms with E-state index in [1.54, 1.807) is 18.2 Å². The zero-order valence-corrected chi connectivity index (χ0v) is 18.3. The largest absolute Gasteiger partial charge is 0.454 e. The molecule has 0 radical (unpaired) electrons. The minimum absolute atomic E-state index is 0.00104. The van der Waals surface area contributed by atoms with Crippen LogP contribution in [-0.2, 0) is 9.59 Å². The van der Waals surface area contributed by atoms with Crippen molar-refractivity contribution in [1.82, 2.24) is 20.4 Å². The van der Waals surface area contributed by atoms with Gasteiger partial charge in [-0.3, -0.25) is 24.7 Å². The number of benzene rings is 1. The van der Waals surface area contributed by atoms with Crippen molar-refractivity contribution < 1.29 is 23.9 Å². The number of amides is 4. The van der Waals surface area contributed by atoms with Gasteiger partial charge in [-0.05, 0) is 52.4 Å². The van der Waals surface area contributed by atoms with Gasteiger partial charge < -0.3 is 20.1 Å². The van der Waals surface area contributed by atoms with Gasteiger partial charge in [0.05, 0.1) is 13.1 Å². The molecule has 0 saturated carbocycles. The zero-order chi connectivity index (χ0) is 22.4. The van der Waals surface area contributed by atoms with Crippen LogP contribution in [0, 0.1) is 0 Å². The lowest BCUT2D eigenvalue weighted by Gasteiger charge is -2.25. The average molecular weight is 434 g/mol. The second kappa shape index (κ2) is 9.97. The molecule has 4 amide bonds. The summed E-state index contributed by atoms with van der Waals surface area (Å²) in [6.45, 7) is 9.34. The highest BCUT2D eigenvalue weighted by molar-refractivity contribution is 6.01. The van der Waals surface area contributed by atoms with E-state index < -0.39 is 6.03 Å². The molecule has 10 nitrogen and oxygen atoms in total. The molecule has 1 aromatic carbocycles. The van der Waals surface area contributed by atoms with Crippen molar-refractivity contribution in [3.8, 4) is 11.5 Å². The van der Waals surface area contributed by atoms with Gasteiger partial charge in [0.25, 0.3) is 0 Å². The van der Waals surface area contributed by atoms with Gasteiger partial charge in [-0.25, -0.2) is 4.79 Å². The number of nitrogens with one attached hydrogen (secondary N) is 3. The third-order valence-corrected chi connectivity index (χ3v) is 4.81. The van der Waals surface area contributed by atoms with Crippen LogP contribution < -0.4 is 25.4 Å². The van der Waals surface area contributed by atoms with Gasteiger partial charge in [-0.2, -0.15) is 0 Å². The van der Waals surface area contributed by atoms with Gasteiger partial charge in [-0.1, -0.05) is 0 Å². The molecule has 1 fully saturated rings. The van der Waals surface area contributed by atoms with Crippen LogP contribution >= 0.6 is 0 Å². The lowest BCUT2D eigenvalue weighted by molar-refractivity contribution is -0.124. The summed E-state index contributed by atoms with van der Waals surface area (Å²) >= 11 is 0. The van der Waals surface area contributed by atoms with Crippen molar-refractivity contribution in [2.75, 3.05) is 51.4 Å². The standard InChI is InChI=1S/C21H31N5O5/c1-21(2,3)24-19(28)13-26-8-4-7-25(9-10-26)12-18(27)23-20(29)22-15-5-6-16-17(11-15)31-14-30-16/h5-6,11H,4,7-10,12-14H2,1-3H3,(H,24,28)(H2,22,23,27,29). The summed E-state index contributed by atoms with van der Waals surface area (Å²) in [4.78, 5) is 40.6. The number of hydrogen-bond acceptors (Lipinski definition) is 7. The highest BCUT2D eigenvalue weighted by Gasteiger charge is 2.21. The minimum atomic E-state index is -0.598. The molecule has 0 atom stereocenters. The molecule has 0 aliphatic carbocycles. The molecule has 0 aromatic heterocycles. The predicted molar refractivity (Wildman–Crippen MR) is 115 cm³/mol. The Labute approximate surface area is 182 Å². The SMILES string of the molecule is CC(C)(C)NC(=O)CN1CCCN(CC(=O)NC(=O)Nc2ccc3c(c2)OCO3)CC1. The summed E-state index contributed by atoms with van der Waals surface area (Å²) in [5.74, 6) is 0.790. The maximum absolute atomic E-state index is 12.3. The van der Waals surface area contributed by atoms with Crippen LogP contribution in [0.1, 0.15) is 27.2 Å². The Kier molecular flexibility index (Phi) is 7.34. The summed E-state index contributed by atoms with van der Waals surface area (Å²) in [6.07, 6.45) is 0.847. The molecule has 170 valence electrons. The fraction of sp³-hybridized carbons (Fsp3) is 0.571. The van der Waals surface area contributed by atoms with Gasteiger partial charge in [-0.15, -0.1) is 0 Å². The molecular weight excluding hydrogens is 402 g/mol. The van der Waals surface area contributed by atoms with E-state index in [0.29, 0.717) is 36.8 Å². The van der Waals surface area contributed by atoms with E-state index in [9.17, 15) is 14.4 Å². The van der Waals surface area contributed by atoms with Crippen molar-refractivity contribution in [2.24, 2.45) is 0 Å². The Balaban J connectivity index is 1.40. The lowest BCUT2D eigenvalue weighted by Crippen LogP contribution is -2.47. The molecule has 0 spiro atoms. The van der Waals surface area contributed by atoms with Crippen molar-refractivity contribution in [3.63, 3.8) is 0 Å². The Morgan fingerprint density at radius 2 is 1.58 bits per heavy atom. The fourth-order valence-electron chi connectivity index (χ4n) is 3.51. The number of hydrogen-bond donors (Lipinski definition) is 3. The number of rotatable bonds is 5. The maximum atomic E-state index is 12.3. The first kappa shape index (κ1) is 22.8. The Morgan fingerprint density at radius 1 is 0.935 bits per heavy atom. The minimum Gasteiger partial charge on any atom is -0.454 e. The van der Waals surface area contributed by atoms with Crippen molar-refractivity contribution >= 4 is 23.5 Å². The molecule has 0 bridgehead atoms. The number of imide groups is 1. The monoisotopic (exact) mass is 433 g/mol. The zero-order valence-electron chi connectivity index (χ0n) is 18.3. The normalized spacial score (nSPS) is 17.0. The first-order valence-corrected chi connectivity index (χ1v) is 10.4. The number of ether oxygens (including phenoxy) is 2. The number of urea groups is 1. The summed E-state index contributed by atoms with van der Waals surface area (Å²) < 4.78 is 10.5. The Hall–Kier alpha value is -2.85. The fourth-order valence-corrected chi connectivity index (χ4v) is 3.51. The molecule has 3 rings (SSSR count). The van der Waals surface area contributed by atoms with Crippen LogP contribution in [0.2, 0.25) is 0 Å². The quantitative estimate of drug-likeness (QED) is 0.635. The molecule has 1 aromatic rings. The highest BCUT2D eigenvalue weighted by atomic mass is 16.7. The molecular formula is C21H31N5O5. The summed E-state index contributed by atoms with van der Waals surface area (Å²) in [5, 5.41) is 7.94. The first-order chi connectivity index (χ1) is 14.7. The van der Waals surface area contributed by atoms with E-state index in [2.05, 4.69) is 20.9 Å². The number of carbonyl (C=O) groups excluding carboxylic acids is 3. The van der Waals surface area contributed by atoms with Crippen molar-refractivity contribution in [2.45, 2.75) is 32.7 Å². The van der Waals surface area contributed by atoms with E-state index in [0.717, 1.165) is 19.5 Å². The molecule has 2 aliphatic heterocycles. The molecule has 10 heteroatoms. The van der Waals surface area contributed by atoms with Gasteiger partial charge in [0.1, 0.15) is 0 Å². The van der Waals surface area contributed by atoms with Crippen LogP contribution in [0.3, 0.4) is 0 Å². The van der Waals surface area contributed by atoms with Crippen LogP contribution in [0.25, 0.3) is 0 Å². The topological polar surface area (TPSA) is 112 Å². The predicted octanol–water partition coefficient (Wildman–Crippen LogP) is 0.986. The van der Waals surface area contributed by atoms with Crippen LogP contribution in [0.4, 0.5) is 10.5 Å². The second-order valence-corrected chi connectivity index (χ2v) is 8.77. The third-order valence-electron chi connectivity index (χ3n) is 4.81. The molecule has 2 aliphatic rings. The smallest absolute Gasteiger partial charge is 0.325 e. The maximum Gasteiger partial charge on any atom is 0.325 e. The number of anilines is 1. The molecule has 0 unspecified atom stereocenters. The summed E-state index contributed by atoms with van der Waals surface area (Å²) in [7, 11) is 0. The molecule has 2 heterocycles. The first-order valence-electron chi connectivity index (χ1n) is 10.4. The van der Waals surface area contributed by atoms with Gasteiger partial charge in [0.15, 0.2) is 11.5 Å². The van der Waals surface area contributed by atoms with Gasteiger partial charge in [0, 0.05) is 30.4 Å². The summed E-state index contributed by atoms with van der Waals surface area (Å²) in [6, 6.07) is 4.42. The van der Waals surface area contributed by atoms with E-state index in [-0.39, 0.29) is 30.7 Å². The molecule has 31 heavy (non-hydrogen) atoms. The Bertz CT molecular complexity index is 823. The van der Waals surface area contributed by atoms with Gasteiger partial charge in [0.2, 0.25) is 18.6 Å². The van der Waals surface area contributed by atoms with Crippen LogP contribution in [-0.4, -0.2) is 79.2 Å². The third kappa shape index (κ3) is 7.41. The Morgan fingerprint density at radius 3 is 2.26 bits per heavy atom. The molecule has 1 saturated heterocycles. The highest BCUT2D eigenvalue weighted by Crippen LogP contribution is 2.34. The van der Waals surface area contributed by atoms with Gasteiger partial charge >= 0.3 is 6.03 Å². The number of nitrogens with zero attached hydrogens (tertiary/aromatic N) is 2. The second-order valence-electron chi connectivity index (χ2n) is 8.77. The summed E-state index contributed by atoms with van der Waals surface area (Å²) in [5.41, 5.74) is 0.252. The van der Waals surface area contributed by atoms with Crippen LogP contribution in [0.15, 0.2) is 18.2 Å².